The predicted octanol–water partition coefficient (Wildman–Crippen LogP) is 2.23. The van der Waals surface area contributed by atoms with Gasteiger partial charge >= 0.3 is 0 Å². The number of halogens is 1. The zero-order valence-electron chi connectivity index (χ0n) is 9.29. The molecule has 1 aromatic carbocycles. The van der Waals surface area contributed by atoms with E-state index in [1.54, 1.807) is 12.1 Å². The first-order valence-electron chi connectivity index (χ1n) is 4.86. The van der Waals surface area contributed by atoms with Crippen LogP contribution in [0.2, 0.25) is 0 Å². The summed E-state index contributed by atoms with van der Waals surface area (Å²) in [5.74, 6) is -0.812. The highest BCUT2D eigenvalue weighted by Crippen LogP contribution is 2.33. The van der Waals surface area contributed by atoms with Crippen molar-refractivity contribution in [3.63, 3.8) is 0 Å². The summed E-state index contributed by atoms with van der Waals surface area (Å²) in [5, 5.41) is 20.1. The molecule has 1 heterocycles. The number of aromatic nitrogens is 2. The summed E-state index contributed by atoms with van der Waals surface area (Å²) in [6.07, 6.45) is 0. The number of hydrogen-bond donors (Lipinski definition) is 2. The van der Waals surface area contributed by atoms with Gasteiger partial charge in [0.2, 0.25) is 0 Å². The van der Waals surface area contributed by atoms with Crippen LogP contribution in [0.4, 0.5) is 4.39 Å². The van der Waals surface area contributed by atoms with Crippen molar-refractivity contribution in [2.45, 2.75) is 16.2 Å². The third-order valence-electron chi connectivity index (χ3n) is 2.04. The highest BCUT2D eigenvalue weighted by molar-refractivity contribution is 8.01. The molecule has 0 atom stereocenters. The molecule has 0 aliphatic carbocycles. The van der Waals surface area contributed by atoms with Crippen LogP contribution in [0, 0.1) is 12.7 Å². The molecular formula is C10H9FN4OS2. The summed E-state index contributed by atoms with van der Waals surface area (Å²) in [4.78, 5) is 0.529. The lowest BCUT2D eigenvalue weighted by atomic mass is 10.2. The normalized spacial score (nSPS) is 11.8. The van der Waals surface area contributed by atoms with Crippen molar-refractivity contribution < 1.29 is 9.60 Å². The van der Waals surface area contributed by atoms with Crippen molar-refractivity contribution in [1.29, 1.82) is 0 Å². The average molecular weight is 284 g/mol. The Morgan fingerprint density at radius 1 is 1.50 bits per heavy atom. The Morgan fingerprint density at radius 3 is 2.89 bits per heavy atom. The second-order valence-corrected chi connectivity index (χ2v) is 5.76. The van der Waals surface area contributed by atoms with E-state index < -0.39 is 5.82 Å². The molecule has 0 fully saturated rings. The fraction of sp³-hybridized carbons (Fsp3) is 0.100. The van der Waals surface area contributed by atoms with E-state index in [4.69, 9.17) is 10.9 Å². The van der Waals surface area contributed by atoms with Crippen molar-refractivity contribution >= 4 is 28.9 Å². The number of rotatable bonds is 3. The SMILES string of the molecule is Cc1nnc(Sc2cccc(F)c2C(N)=NO)s1. The van der Waals surface area contributed by atoms with Gasteiger partial charge in [0.15, 0.2) is 10.2 Å². The Labute approximate surface area is 111 Å². The summed E-state index contributed by atoms with van der Waals surface area (Å²) < 4.78 is 14.3. The first-order valence-corrected chi connectivity index (χ1v) is 6.49. The molecule has 0 radical (unpaired) electrons. The standard InChI is InChI=1S/C10H9FN4OS2/c1-5-13-14-10(17-5)18-7-4-2-3-6(11)8(7)9(12)15-16/h2-4,16H,1H3,(H2,12,15). The Morgan fingerprint density at radius 2 is 2.28 bits per heavy atom. The highest BCUT2D eigenvalue weighted by Gasteiger charge is 2.15. The number of amidine groups is 1. The monoisotopic (exact) mass is 284 g/mol. The number of hydrogen-bond acceptors (Lipinski definition) is 6. The largest absolute Gasteiger partial charge is 0.409 e. The Balaban J connectivity index is 2.41. The van der Waals surface area contributed by atoms with E-state index in [1.807, 2.05) is 6.92 Å². The molecule has 0 saturated carbocycles. The third-order valence-corrected chi connectivity index (χ3v) is 3.99. The summed E-state index contributed by atoms with van der Waals surface area (Å²) in [6.45, 7) is 1.83. The minimum atomic E-state index is -0.545. The second-order valence-electron chi connectivity index (χ2n) is 3.29. The van der Waals surface area contributed by atoms with Gasteiger partial charge in [-0.3, -0.25) is 0 Å². The molecule has 2 aromatic rings. The molecule has 0 bridgehead atoms. The topological polar surface area (TPSA) is 84.4 Å². The lowest BCUT2D eigenvalue weighted by molar-refractivity contribution is 0.318. The van der Waals surface area contributed by atoms with Gasteiger partial charge in [-0.1, -0.05) is 34.3 Å². The van der Waals surface area contributed by atoms with Gasteiger partial charge in [0, 0.05) is 4.90 Å². The number of benzene rings is 1. The molecule has 2 rings (SSSR count). The Kier molecular flexibility index (Phi) is 3.78. The predicted molar refractivity (Wildman–Crippen MR) is 67.7 cm³/mol. The molecule has 3 N–H and O–H groups in total. The maximum Gasteiger partial charge on any atom is 0.179 e. The van der Waals surface area contributed by atoms with Crippen LogP contribution in [-0.2, 0) is 0 Å². The van der Waals surface area contributed by atoms with Crippen LogP contribution >= 0.6 is 23.1 Å². The summed E-state index contributed by atoms with van der Waals surface area (Å²) in [5.41, 5.74) is 5.54. The van der Waals surface area contributed by atoms with Crippen LogP contribution in [0.3, 0.4) is 0 Å². The zero-order valence-corrected chi connectivity index (χ0v) is 10.9. The van der Waals surface area contributed by atoms with Crippen LogP contribution < -0.4 is 5.73 Å². The van der Waals surface area contributed by atoms with E-state index >= 15 is 0 Å². The molecule has 1 aromatic heterocycles. The molecule has 5 nitrogen and oxygen atoms in total. The van der Waals surface area contributed by atoms with E-state index in [1.165, 1.54) is 29.2 Å². The second kappa shape index (κ2) is 5.32. The molecular weight excluding hydrogens is 275 g/mol. The molecule has 0 saturated heterocycles. The Hall–Kier alpha value is -1.67. The van der Waals surface area contributed by atoms with Crippen LogP contribution in [0.25, 0.3) is 0 Å². The van der Waals surface area contributed by atoms with Gasteiger partial charge in [-0.25, -0.2) is 4.39 Å². The van der Waals surface area contributed by atoms with Crippen LogP contribution in [-0.4, -0.2) is 21.2 Å². The minimum Gasteiger partial charge on any atom is -0.409 e. The molecule has 0 unspecified atom stereocenters. The van der Waals surface area contributed by atoms with Gasteiger partial charge in [-0.05, 0) is 19.1 Å². The molecule has 0 spiro atoms. The number of oxime groups is 1. The van der Waals surface area contributed by atoms with Crippen LogP contribution in [0.5, 0.6) is 0 Å². The lowest BCUT2D eigenvalue weighted by Crippen LogP contribution is -2.16. The van der Waals surface area contributed by atoms with Gasteiger partial charge < -0.3 is 10.9 Å². The van der Waals surface area contributed by atoms with Crippen molar-refractivity contribution in [3.05, 3.63) is 34.6 Å². The first kappa shape index (κ1) is 12.8. The van der Waals surface area contributed by atoms with E-state index in [9.17, 15) is 4.39 Å². The summed E-state index contributed by atoms with van der Waals surface area (Å²) >= 11 is 2.62. The Bertz CT molecular complexity index is 599. The quantitative estimate of drug-likeness (QED) is 0.391. The zero-order chi connectivity index (χ0) is 13.1. The van der Waals surface area contributed by atoms with Crippen molar-refractivity contribution in [1.82, 2.24) is 10.2 Å². The van der Waals surface area contributed by atoms with Crippen LogP contribution in [0.1, 0.15) is 10.6 Å². The van der Waals surface area contributed by atoms with Crippen LogP contribution in [0.15, 0.2) is 32.6 Å². The summed E-state index contributed by atoms with van der Waals surface area (Å²) in [7, 11) is 0. The number of nitrogens with two attached hydrogens (primary N) is 1. The van der Waals surface area contributed by atoms with E-state index in [-0.39, 0.29) is 11.4 Å². The molecule has 0 aliphatic rings. The number of aryl methyl sites for hydroxylation is 1. The van der Waals surface area contributed by atoms with E-state index in [2.05, 4.69) is 15.4 Å². The van der Waals surface area contributed by atoms with Gasteiger partial charge in [-0.15, -0.1) is 10.2 Å². The smallest absolute Gasteiger partial charge is 0.179 e. The first-order chi connectivity index (χ1) is 8.61. The molecule has 0 amide bonds. The average Bonchev–Trinajstić information content (AvgIpc) is 2.74. The molecule has 94 valence electrons. The van der Waals surface area contributed by atoms with Gasteiger partial charge in [-0.2, -0.15) is 0 Å². The molecule has 0 aliphatic heterocycles. The fourth-order valence-electron chi connectivity index (χ4n) is 1.30. The highest BCUT2D eigenvalue weighted by atomic mass is 32.2. The minimum absolute atomic E-state index is 0.0675. The van der Waals surface area contributed by atoms with Gasteiger partial charge in [0.25, 0.3) is 0 Å². The van der Waals surface area contributed by atoms with Gasteiger partial charge in [0.1, 0.15) is 10.8 Å². The summed E-state index contributed by atoms with van der Waals surface area (Å²) in [6, 6.07) is 4.49. The maximum absolute atomic E-state index is 13.7. The van der Waals surface area contributed by atoms with Gasteiger partial charge in [0.05, 0.1) is 5.56 Å². The number of nitrogens with zero attached hydrogens (tertiary/aromatic N) is 3. The fourth-order valence-corrected chi connectivity index (χ4v) is 3.24. The van der Waals surface area contributed by atoms with Crippen molar-refractivity contribution in [2.75, 3.05) is 0 Å². The molecule has 8 heteroatoms. The maximum atomic E-state index is 13.7. The van der Waals surface area contributed by atoms with Crippen molar-refractivity contribution in [3.8, 4) is 0 Å². The third kappa shape index (κ3) is 2.59. The van der Waals surface area contributed by atoms with E-state index in [0.717, 1.165) is 5.01 Å². The lowest BCUT2D eigenvalue weighted by Gasteiger charge is -2.06. The van der Waals surface area contributed by atoms with E-state index in [0.29, 0.717) is 9.24 Å². The van der Waals surface area contributed by atoms with Crippen molar-refractivity contribution in [2.24, 2.45) is 10.9 Å². The molecule has 18 heavy (non-hydrogen) atoms.